The number of rotatable bonds is 1. The minimum absolute atomic E-state index is 0.0436. The number of nitrogens with zero attached hydrogens (tertiary/aromatic N) is 2. The summed E-state index contributed by atoms with van der Waals surface area (Å²) in [6, 6.07) is 3.43. The summed E-state index contributed by atoms with van der Waals surface area (Å²) in [5.41, 5.74) is 2.85. The maximum absolute atomic E-state index is 12.9. The maximum Gasteiger partial charge on any atom is 0.255 e. The number of ether oxygens (including phenoxy) is 1. The topological polar surface area (TPSA) is 79.0 Å². The molecule has 27 heavy (non-hydrogen) atoms. The van der Waals surface area contributed by atoms with E-state index in [0.29, 0.717) is 25.1 Å². The first-order valence-corrected chi connectivity index (χ1v) is 9.60. The Hall–Kier alpha value is -2.41. The number of hydrogen-bond donors (Lipinski definition) is 1. The second kappa shape index (κ2) is 5.79. The number of hydrogen-bond acceptors (Lipinski definition) is 5. The van der Waals surface area contributed by atoms with Crippen LogP contribution in [0.2, 0.25) is 0 Å². The molecular weight excluding hydrogens is 346 g/mol. The van der Waals surface area contributed by atoms with E-state index < -0.39 is 6.04 Å². The molecule has 142 valence electrons. The lowest BCUT2D eigenvalue weighted by molar-refractivity contribution is -0.136. The molecule has 7 nitrogen and oxygen atoms in total. The van der Waals surface area contributed by atoms with Gasteiger partial charge in [-0.2, -0.15) is 0 Å². The number of nitrogens with one attached hydrogen (secondary N) is 1. The van der Waals surface area contributed by atoms with Crippen molar-refractivity contribution < 1.29 is 19.1 Å². The quantitative estimate of drug-likeness (QED) is 0.741. The number of imide groups is 1. The molecular formula is C20H23N3O4. The van der Waals surface area contributed by atoms with Crippen molar-refractivity contribution in [1.82, 2.24) is 15.1 Å². The van der Waals surface area contributed by atoms with Gasteiger partial charge in [0.15, 0.2) is 0 Å². The Morgan fingerprint density at radius 2 is 1.96 bits per heavy atom. The third-order valence-electron chi connectivity index (χ3n) is 6.64. The molecule has 1 aromatic rings. The standard InChI is InChI=1S/C20H23N3O4/c1-22-6-4-20(5-7-22)11-27-16-9-13-12(8-14(16)20)10-23(19(13)26)15-2-3-17(24)21-18(15)25/h8-9,15H,2-7,10-11H2,1H3,(H,21,24,25). The van der Waals surface area contributed by atoms with E-state index in [2.05, 4.69) is 23.3 Å². The average molecular weight is 369 g/mol. The van der Waals surface area contributed by atoms with E-state index in [-0.39, 0.29) is 29.6 Å². The zero-order valence-corrected chi connectivity index (χ0v) is 15.4. The van der Waals surface area contributed by atoms with Crippen LogP contribution in [0.5, 0.6) is 5.75 Å². The third-order valence-corrected chi connectivity index (χ3v) is 6.64. The van der Waals surface area contributed by atoms with Crippen molar-refractivity contribution in [1.29, 1.82) is 0 Å². The fourth-order valence-electron chi connectivity index (χ4n) is 4.88. The van der Waals surface area contributed by atoms with E-state index in [0.717, 1.165) is 37.2 Å². The van der Waals surface area contributed by atoms with Gasteiger partial charge < -0.3 is 14.5 Å². The van der Waals surface area contributed by atoms with Gasteiger partial charge in [0.05, 0.1) is 6.61 Å². The molecule has 0 bridgehead atoms. The molecule has 0 radical (unpaired) electrons. The molecule has 4 aliphatic rings. The van der Waals surface area contributed by atoms with Gasteiger partial charge in [-0.1, -0.05) is 0 Å². The summed E-state index contributed by atoms with van der Waals surface area (Å²) >= 11 is 0. The molecule has 0 saturated carbocycles. The molecule has 3 amide bonds. The first kappa shape index (κ1) is 16.7. The summed E-state index contributed by atoms with van der Waals surface area (Å²) in [7, 11) is 2.14. The molecule has 1 N–H and O–H groups in total. The average Bonchev–Trinajstić information content (AvgIpc) is 3.15. The fourth-order valence-corrected chi connectivity index (χ4v) is 4.88. The van der Waals surface area contributed by atoms with Gasteiger partial charge in [-0.3, -0.25) is 19.7 Å². The molecule has 1 atom stereocenters. The molecule has 1 spiro atoms. The predicted octanol–water partition coefficient (Wildman–Crippen LogP) is 0.803. The zero-order chi connectivity index (χ0) is 18.8. The monoisotopic (exact) mass is 369 g/mol. The van der Waals surface area contributed by atoms with Crippen LogP contribution in [-0.4, -0.2) is 60.3 Å². The number of amides is 3. The van der Waals surface area contributed by atoms with Crippen molar-refractivity contribution in [2.24, 2.45) is 0 Å². The molecule has 4 aliphatic heterocycles. The fraction of sp³-hybridized carbons (Fsp3) is 0.550. The van der Waals surface area contributed by atoms with Crippen LogP contribution in [0, 0.1) is 0 Å². The van der Waals surface area contributed by atoms with Crippen LogP contribution in [0.1, 0.15) is 47.2 Å². The highest BCUT2D eigenvalue weighted by atomic mass is 16.5. The number of benzene rings is 1. The summed E-state index contributed by atoms with van der Waals surface area (Å²) in [6.07, 6.45) is 2.77. The van der Waals surface area contributed by atoms with Gasteiger partial charge in [0.1, 0.15) is 11.8 Å². The minimum Gasteiger partial charge on any atom is -0.492 e. The van der Waals surface area contributed by atoms with E-state index in [1.54, 1.807) is 4.90 Å². The second-order valence-electron chi connectivity index (χ2n) is 8.28. The summed E-state index contributed by atoms with van der Waals surface area (Å²) in [5.74, 6) is 0.0342. The molecule has 1 unspecified atom stereocenters. The first-order chi connectivity index (χ1) is 13.0. The Balaban J connectivity index is 1.45. The van der Waals surface area contributed by atoms with E-state index in [9.17, 15) is 14.4 Å². The Labute approximate surface area is 157 Å². The molecule has 0 aliphatic carbocycles. The summed E-state index contributed by atoms with van der Waals surface area (Å²) < 4.78 is 6.00. The Bertz CT molecular complexity index is 857. The normalized spacial score (nSPS) is 26.8. The number of piperidine rings is 2. The smallest absolute Gasteiger partial charge is 0.255 e. The lowest BCUT2D eigenvalue weighted by atomic mass is 9.74. The molecule has 5 rings (SSSR count). The maximum atomic E-state index is 12.9. The van der Waals surface area contributed by atoms with Crippen molar-refractivity contribution in [3.05, 3.63) is 28.8 Å². The summed E-state index contributed by atoms with van der Waals surface area (Å²) in [4.78, 5) is 40.5. The SMILES string of the molecule is CN1CCC2(CC1)COc1cc3c(cc12)CN(C1CCC(=O)NC1=O)C3=O. The number of carbonyl (C=O) groups is 3. The Morgan fingerprint density at radius 3 is 2.70 bits per heavy atom. The van der Waals surface area contributed by atoms with Gasteiger partial charge in [0.25, 0.3) is 5.91 Å². The number of fused-ring (bicyclic) bond motifs is 3. The minimum atomic E-state index is -0.573. The lowest BCUT2D eigenvalue weighted by Crippen LogP contribution is -2.52. The van der Waals surface area contributed by atoms with Crippen LogP contribution in [0.3, 0.4) is 0 Å². The van der Waals surface area contributed by atoms with Crippen molar-refractivity contribution in [2.45, 2.75) is 43.7 Å². The first-order valence-electron chi connectivity index (χ1n) is 9.60. The van der Waals surface area contributed by atoms with Gasteiger partial charge >= 0.3 is 0 Å². The molecule has 4 heterocycles. The molecule has 1 aromatic carbocycles. The van der Waals surface area contributed by atoms with E-state index in [1.807, 2.05) is 6.07 Å². The molecule has 7 heteroatoms. The summed E-state index contributed by atoms with van der Waals surface area (Å²) in [6.45, 7) is 3.19. The van der Waals surface area contributed by atoms with Crippen molar-refractivity contribution in [2.75, 3.05) is 26.7 Å². The molecule has 2 fully saturated rings. The molecule has 0 aromatic heterocycles. The Morgan fingerprint density at radius 1 is 1.19 bits per heavy atom. The van der Waals surface area contributed by atoms with Crippen molar-refractivity contribution >= 4 is 17.7 Å². The van der Waals surface area contributed by atoms with Crippen LogP contribution in [0.4, 0.5) is 0 Å². The highest BCUT2D eigenvalue weighted by Gasteiger charge is 2.45. The number of carbonyl (C=O) groups excluding carboxylic acids is 3. The zero-order valence-electron chi connectivity index (χ0n) is 15.4. The Kier molecular flexibility index (Phi) is 3.59. The highest BCUT2D eigenvalue weighted by molar-refractivity contribution is 6.05. The van der Waals surface area contributed by atoms with Crippen LogP contribution in [0.15, 0.2) is 12.1 Å². The summed E-state index contributed by atoms with van der Waals surface area (Å²) in [5, 5.41) is 2.35. The highest BCUT2D eigenvalue weighted by Crippen LogP contribution is 2.47. The van der Waals surface area contributed by atoms with E-state index in [4.69, 9.17) is 4.74 Å². The van der Waals surface area contributed by atoms with Crippen LogP contribution >= 0.6 is 0 Å². The molecule has 2 saturated heterocycles. The van der Waals surface area contributed by atoms with Crippen molar-refractivity contribution in [3.63, 3.8) is 0 Å². The van der Waals surface area contributed by atoms with E-state index >= 15 is 0 Å². The second-order valence-corrected chi connectivity index (χ2v) is 8.28. The van der Waals surface area contributed by atoms with Gasteiger partial charge in [0.2, 0.25) is 11.8 Å². The predicted molar refractivity (Wildman–Crippen MR) is 96.4 cm³/mol. The van der Waals surface area contributed by atoms with Crippen LogP contribution < -0.4 is 10.1 Å². The van der Waals surface area contributed by atoms with Crippen molar-refractivity contribution in [3.8, 4) is 5.75 Å². The van der Waals surface area contributed by atoms with Crippen LogP contribution in [-0.2, 0) is 21.5 Å². The number of likely N-dealkylation sites (tertiary alicyclic amines) is 1. The van der Waals surface area contributed by atoms with Gasteiger partial charge in [-0.05, 0) is 57.1 Å². The van der Waals surface area contributed by atoms with Gasteiger partial charge in [0, 0.05) is 29.5 Å². The van der Waals surface area contributed by atoms with E-state index in [1.165, 1.54) is 5.56 Å². The van der Waals surface area contributed by atoms with Crippen LogP contribution in [0.25, 0.3) is 0 Å². The largest absolute Gasteiger partial charge is 0.492 e. The third kappa shape index (κ3) is 2.48. The van der Waals surface area contributed by atoms with Gasteiger partial charge in [-0.15, -0.1) is 0 Å². The van der Waals surface area contributed by atoms with Gasteiger partial charge in [-0.25, -0.2) is 0 Å². The lowest BCUT2D eigenvalue weighted by Gasteiger charge is -2.36.